The molecule has 0 unspecified atom stereocenters. The average Bonchev–Trinajstić information content (AvgIpc) is 2.43. The number of hydrogen-bond acceptors (Lipinski definition) is 5. The maximum atomic E-state index is 11.8. The number of carbonyl (C=O) groups excluding carboxylic acids is 2. The Balaban J connectivity index is 2.77. The number of hydrogen-bond donors (Lipinski definition) is 0. The zero-order valence-electron chi connectivity index (χ0n) is 10.7. The maximum Gasteiger partial charge on any atom is 0.305 e. The first-order valence-corrected chi connectivity index (χ1v) is 5.44. The summed E-state index contributed by atoms with van der Waals surface area (Å²) in [6.07, 6.45) is 0.186. The molecule has 0 atom stereocenters. The second kappa shape index (κ2) is 6.64. The molecule has 0 amide bonds. The number of esters is 1. The second-order valence-electron chi connectivity index (χ2n) is 3.57. The van der Waals surface area contributed by atoms with Crippen LogP contribution >= 0.6 is 0 Å². The molecule has 5 heteroatoms. The Morgan fingerprint density at radius 2 is 1.67 bits per heavy atom. The molecular formula is C13H16O5. The van der Waals surface area contributed by atoms with Crippen molar-refractivity contribution in [2.75, 3.05) is 21.3 Å². The molecule has 0 aromatic heterocycles. The summed E-state index contributed by atoms with van der Waals surface area (Å²) in [6, 6.07) is 4.89. The number of benzene rings is 1. The summed E-state index contributed by atoms with van der Waals surface area (Å²) in [7, 11) is 4.32. The first-order valence-electron chi connectivity index (χ1n) is 5.44. The fourth-order valence-corrected chi connectivity index (χ4v) is 1.47. The van der Waals surface area contributed by atoms with Crippen LogP contribution in [0.3, 0.4) is 0 Å². The molecule has 18 heavy (non-hydrogen) atoms. The Morgan fingerprint density at radius 3 is 2.22 bits per heavy atom. The van der Waals surface area contributed by atoms with Crippen molar-refractivity contribution < 1.29 is 23.8 Å². The number of rotatable bonds is 6. The van der Waals surface area contributed by atoms with E-state index in [0.29, 0.717) is 17.1 Å². The normalized spacial score (nSPS) is 9.72. The zero-order valence-corrected chi connectivity index (χ0v) is 10.7. The molecule has 1 aromatic carbocycles. The molecule has 0 N–H and O–H groups in total. The van der Waals surface area contributed by atoms with E-state index in [1.54, 1.807) is 18.2 Å². The third-order valence-electron chi connectivity index (χ3n) is 2.49. The van der Waals surface area contributed by atoms with E-state index in [9.17, 15) is 9.59 Å². The van der Waals surface area contributed by atoms with Crippen LogP contribution in [-0.2, 0) is 9.53 Å². The summed E-state index contributed by atoms with van der Waals surface area (Å²) in [6.45, 7) is 0. The topological polar surface area (TPSA) is 61.8 Å². The van der Waals surface area contributed by atoms with E-state index >= 15 is 0 Å². The van der Waals surface area contributed by atoms with Gasteiger partial charge >= 0.3 is 5.97 Å². The molecule has 0 saturated carbocycles. The molecule has 0 aliphatic rings. The lowest BCUT2D eigenvalue weighted by molar-refractivity contribution is -0.140. The van der Waals surface area contributed by atoms with E-state index < -0.39 is 5.97 Å². The van der Waals surface area contributed by atoms with Crippen LogP contribution < -0.4 is 9.47 Å². The second-order valence-corrected chi connectivity index (χ2v) is 3.57. The molecule has 0 saturated heterocycles. The molecular weight excluding hydrogens is 236 g/mol. The van der Waals surface area contributed by atoms with Gasteiger partial charge in [0.2, 0.25) is 0 Å². The van der Waals surface area contributed by atoms with Crippen LogP contribution in [0.1, 0.15) is 23.2 Å². The van der Waals surface area contributed by atoms with Gasteiger partial charge < -0.3 is 14.2 Å². The predicted octanol–water partition coefficient (Wildman–Crippen LogP) is 1.84. The SMILES string of the molecule is COC(=O)CCC(=O)c1ccc(OC)c(OC)c1. The molecule has 0 aliphatic carbocycles. The molecule has 1 rings (SSSR count). The van der Waals surface area contributed by atoms with Gasteiger partial charge in [-0.05, 0) is 18.2 Å². The van der Waals surface area contributed by atoms with Crippen molar-refractivity contribution in [3.8, 4) is 11.5 Å². The Morgan fingerprint density at radius 1 is 1.00 bits per heavy atom. The summed E-state index contributed by atoms with van der Waals surface area (Å²) in [5, 5.41) is 0. The molecule has 0 spiro atoms. The summed E-state index contributed by atoms with van der Waals surface area (Å²) in [5.74, 6) is 0.508. The van der Waals surface area contributed by atoms with E-state index in [4.69, 9.17) is 9.47 Å². The minimum absolute atomic E-state index is 0.0731. The van der Waals surface area contributed by atoms with Gasteiger partial charge in [0.15, 0.2) is 17.3 Å². The van der Waals surface area contributed by atoms with E-state index in [2.05, 4.69) is 4.74 Å². The van der Waals surface area contributed by atoms with Crippen LogP contribution in [0.4, 0.5) is 0 Å². The van der Waals surface area contributed by atoms with E-state index in [1.807, 2.05) is 0 Å². The summed E-state index contributed by atoms with van der Waals surface area (Å²) >= 11 is 0. The van der Waals surface area contributed by atoms with Crippen LogP contribution in [0.5, 0.6) is 11.5 Å². The van der Waals surface area contributed by atoms with Gasteiger partial charge in [0.1, 0.15) is 0 Å². The molecule has 0 bridgehead atoms. The first-order chi connectivity index (χ1) is 8.62. The Labute approximate surface area is 106 Å². The molecule has 1 aromatic rings. The molecule has 0 radical (unpaired) electrons. The number of ketones is 1. The zero-order chi connectivity index (χ0) is 13.5. The van der Waals surface area contributed by atoms with Crippen LogP contribution in [0.25, 0.3) is 0 Å². The highest BCUT2D eigenvalue weighted by atomic mass is 16.5. The van der Waals surface area contributed by atoms with Crippen molar-refractivity contribution in [2.24, 2.45) is 0 Å². The number of Topliss-reactive ketones (excluding diaryl/α,β-unsaturated/α-hetero) is 1. The Bertz CT molecular complexity index is 439. The highest BCUT2D eigenvalue weighted by Crippen LogP contribution is 2.28. The van der Waals surface area contributed by atoms with Gasteiger partial charge in [-0.3, -0.25) is 9.59 Å². The molecule has 0 fully saturated rings. The van der Waals surface area contributed by atoms with Gasteiger partial charge in [0.25, 0.3) is 0 Å². The molecule has 0 aliphatic heterocycles. The van der Waals surface area contributed by atoms with E-state index in [-0.39, 0.29) is 18.6 Å². The number of methoxy groups -OCH3 is 3. The van der Waals surface area contributed by atoms with Crippen molar-refractivity contribution in [2.45, 2.75) is 12.8 Å². The minimum atomic E-state index is -0.399. The summed E-state index contributed by atoms with van der Waals surface area (Å²) < 4.78 is 14.7. The number of carbonyl (C=O) groups is 2. The molecule has 0 heterocycles. The van der Waals surface area contributed by atoms with Gasteiger partial charge in [0, 0.05) is 12.0 Å². The van der Waals surface area contributed by atoms with Gasteiger partial charge in [-0.15, -0.1) is 0 Å². The van der Waals surface area contributed by atoms with Crippen LogP contribution in [-0.4, -0.2) is 33.1 Å². The standard InChI is InChI=1S/C13H16O5/c1-16-11-6-4-9(8-12(11)17-2)10(14)5-7-13(15)18-3/h4,6,8H,5,7H2,1-3H3. The lowest BCUT2D eigenvalue weighted by Gasteiger charge is -2.08. The van der Waals surface area contributed by atoms with Crippen molar-refractivity contribution >= 4 is 11.8 Å². The third kappa shape index (κ3) is 3.48. The molecule has 5 nitrogen and oxygen atoms in total. The average molecular weight is 252 g/mol. The van der Waals surface area contributed by atoms with Crippen LogP contribution in [0, 0.1) is 0 Å². The van der Waals surface area contributed by atoms with Crippen molar-refractivity contribution in [3.05, 3.63) is 23.8 Å². The summed E-state index contributed by atoms with van der Waals surface area (Å²) in [5.41, 5.74) is 0.483. The Kier molecular flexibility index (Phi) is 5.17. The monoisotopic (exact) mass is 252 g/mol. The largest absolute Gasteiger partial charge is 0.493 e. The molecule has 98 valence electrons. The van der Waals surface area contributed by atoms with E-state index in [1.165, 1.54) is 21.3 Å². The first kappa shape index (κ1) is 14.0. The quantitative estimate of drug-likeness (QED) is 0.571. The van der Waals surface area contributed by atoms with E-state index in [0.717, 1.165) is 0 Å². The van der Waals surface area contributed by atoms with Crippen molar-refractivity contribution in [1.29, 1.82) is 0 Å². The van der Waals surface area contributed by atoms with Crippen LogP contribution in [0.2, 0.25) is 0 Å². The predicted molar refractivity (Wildman–Crippen MR) is 65.1 cm³/mol. The third-order valence-corrected chi connectivity index (χ3v) is 2.49. The van der Waals surface area contributed by atoms with Gasteiger partial charge in [-0.25, -0.2) is 0 Å². The maximum absolute atomic E-state index is 11.8. The highest BCUT2D eigenvalue weighted by Gasteiger charge is 2.12. The van der Waals surface area contributed by atoms with Crippen molar-refractivity contribution in [1.82, 2.24) is 0 Å². The van der Waals surface area contributed by atoms with Gasteiger partial charge in [0.05, 0.1) is 27.8 Å². The number of ether oxygens (including phenoxy) is 3. The van der Waals surface area contributed by atoms with Gasteiger partial charge in [-0.1, -0.05) is 0 Å². The van der Waals surface area contributed by atoms with Crippen LogP contribution in [0.15, 0.2) is 18.2 Å². The fraction of sp³-hybridized carbons (Fsp3) is 0.385. The Hall–Kier alpha value is -2.04. The highest BCUT2D eigenvalue weighted by molar-refractivity contribution is 5.98. The van der Waals surface area contributed by atoms with Gasteiger partial charge in [-0.2, -0.15) is 0 Å². The smallest absolute Gasteiger partial charge is 0.305 e. The lowest BCUT2D eigenvalue weighted by atomic mass is 10.1. The fourth-order valence-electron chi connectivity index (χ4n) is 1.47. The minimum Gasteiger partial charge on any atom is -0.493 e. The van der Waals surface area contributed by atoms with Crippen molar-refractivity contribution in [3.63, 3.8) is 0 Å². The lowest BCUT2D eigenvalue weighted by Crippen LogP contribution is -2.06. The summed E-state index contributed by atoms with van der Waals surface area (Å²) in [4.78, 5) is 22.8.